The van der Waals surface area contributed by atoms with Gasteiger partial charge in [0.05, 0.1) is 12.2 Å². The Morgan fingerprint density at radius 3 is 2.94 bits per heavy atom. The summed E-state index contributed by atoms with van der Waals surface area (Å²) < 4.78 is 7.51. The van der Waals surface area contributed by atoms with Crippen molar-refractivity contribution in [2.24, 2.45) is 5.92 Å². The summed E-state index contributed by atoms with van der Waals surface area (Å²) in [4.78, 5) is 4.32. The first-order valence-corrected chi connectivity index (χ1v) is 6.47. The molecule has 1 fully saturated rings. The standard InChI is InChI=1S/C13H22N2O2/c1-3-7-15-8-6-14-12(15)9-11(16)13(17-2)10-4-5-10/h6,8,10-11,13,16H,3-5,7,9H2,1-2H3. The molecule has 1 aromatic heterocycles. The normalized spacial score (nSPS) is 19.2. The molecule has 17 heavy (non-hydrogen) atoms. The minimum absolute atomic E-state index is 0.0261. The van der Waals surface area contributed by atoms with E-state index in [9.17, 15) is 5.11 Å². The SMILES string of the molecule is CCCn1ccnc1CC(O)C(OC)C1CC1. The molecule has 0 bridgehead atoms. The molecule has 1 heterocycles. The van der Waals surface area contributed by atoms with Gasteiger partial charge in [-0.2, -0.15) is 0 Å². The van der Waals surface area contributed by atoms with Crippen LogP contribution >= 0.6 is 0 Å². The van der Waals surface area contributed by atoms with E-state index in [1.165, 1.54) is 12.8 Å². The van der Waals surface area contributed by atoms with Crippen molar-refractivity contribution in [2.45, 2.75) is 51.4 Å². The molecular formula is C13H22N2O2. The van der Waals surface area contributed by atoms with Crippen LogP contribution in [0.1, 0.15) is 32.0 Å². The van der Waals surface area contributed by atoms with Crippen molar-refractivity contribution in [1.29, 1.82) is 0 Å². The zero-order valence-electron chi connectivity index (χ0n) is 10.7. The Hall–Kier alpha value is -0.870. The predicted molar refractivity (Wildman–Crippen MR) is 65.7 cm³/mol. The van der Waals surface area contributed by atoms with Crippen LogP contribution in [-0.2, 0) is 17.7 Å². The number of hydrogen-bond acceptors (Lipinski definition) is 3. The summed E-state index contributed by atoms with van der Waals surface area (Å²) in [6.45, 7) is 3.10. The van der Waals surface area contributed by atoms with Crippen molar-refractivity contribution >= 4 is 0 Å². The summed E-state index contributed by atoms with van der Waals surface area (Å²) in [6.07, 6.45) is 7.34. The van der Waals surface area contributed by atoms with E-state index in [2.05, 4.69) is 16.5 Å². The number of aliphatic hydroxyl groups excluding tert-OH is 1. The maximum atomic E-state index is 10.2. The molecule has 2 unspecified atom stereocenters. The fraction of sp³-hybridized carbons (Fsp3) is 0.769. The highest BCUT2D eigenvalue weighted by atomic mass is 16.5. The van der Waals surface area contributed by atoms with E-state index in [4.69, 9.17) is 4.74 Å². The zero-order chi connectivity index (χ0) is 12.3. The second-order valence-electron chi connectivity index (χ2n) is 4.85. The average molecular weight is 238 g/mol. The molecular weight excluding hydrogens is 216 g/mol. The van der Waals surface area contributed by atoms with E-state index in [0.29, 0.717) is 12.3 Å². The monoisotopic (exact) mass is 238 g/mol. The number of nitrogens with zero attached hydrogens (tertiary/aromatic N) is 2. The Bertz CT molecular complexity index is 347. The van der Waals surface area contributed by atoms with Crippen LogP contribution in [0.3, 0.4) is 0 Å². The number of hydrogen-bond donors (Lipinski definition) is 1. The highest BCUT2D eigenvalue weighted by molar-refractivity contribution is 4.97. The molecule has 2 rings (SSSR count). The quantitative estimate of drug-likeness (QED) is 0.785. The molecule has 0 aliphatic heterocycles. The third-order valence-electron chi connectivity index (χ3n) is 3.40. The van der Waals surface area contributed by atoms with E-state index >= 15 is 0 Å². The van der Waals surface area contributed by atoms with Gasteiger partial charge in [-0.3, -0.25) is 0 Å². The smallest absolute Gasteiger partial charge is 0.111 e. The molecule has 0 spiro atoms. The molecule has 0 amide bonds. The lowest BCUT2D eigenvalue weighted by molar-refractivity contribution is -0.0249. The molecule has 1 aromatic rings. The van der Waals surface area contributed by atoms with Gasteiger partial charge < -0.3 is 14.4 Å². The topological polar surface area (TPSA) is 47.3 Å². The maximum absolute atomic E-state index is 10.2. The molecule has 1 saturated carbocycles. The number of ether oxygens (including phenoxy) is 1. The molecule has 4 heteroatoms. The van der Waals surface area contributed by atoms with Crippen LogP contribution in [0.15, 0.2) is 12.4 Å². The van der Waals surface area contributed by atoms with Gasteiger partial charge in [-0.1, -0.05) is 6.92 Å². The molecule has 96 valence electrons. The molecule has 2 atom stereocenters. The van der Waals surface area contributed by atoms with Crippen LogP contribution in [0.4, 0.5) is 0 Å². The molecule has 1 aliphatic rings. The molecule has 1 aliphatic carbocycles. The van der Waals surface area contributed by atoms with Crippen LogP contribution in [-0.4, -0.2) is 34.0 Å². The summed E-state index contributed by atoms with van der Waals surface area (Å²) in [5.41, 5.74) is 0. The third-order valence-corrected chi connectivity index (χ3v) is 3.40. The Morgan fingerprint density at radius 2 is 2.35 bits per heavy atom. The Kier molecular flexibility index (Phi) is 4.18. The number of rotatable bonds is 7. The van der Waals surface area contributed by atoms with E-state index in [1.54, 1.807) is 13.3 Å². The molecule has 0 radical (unpaired) electrons. The van der Waals surface area contributed by atoms with E-state index in [0.717, 1.165) is 18.8 Å². The number of aryl methyl sites for hydroxylation is 1. The molecule has 0 aromatic carbocycles. The van der Waals surface area contributed by atoms with E-state index in [1.807, 2.05) is 6.20 Å². The second-order valence-corrected chi connectivity index (χ2v) is 4.85. The lowest BCUT2D eigenvalue weighted by Gasteiger charge is -2.21. The van der Waals surface area contributed by atoms with Gasteiger partial charge in [-0.05, 0) is 25.2 Å². The van der Waals surface area contributed by atoms with Crippen molar-refractivity contribution in [3.8, 4) is 0 Å². The number of aliphatic hydroxyl groups is 1. The van der Waals surface area contributed by atoms with Gasteiger partial charge in [-0.25, -0.2) is 4.98 Å². The first-order chi connectivity index (χ1) is 8.26. The number of methoxy groups -OCH3 is 1. The van der Waals surface area contributed by atoms with Crippen molar-refractivity contribution in [3.63, 3.8) is 0 Å². The molecule has 1 N–H and O–H groups in total. The van der Waals surface area contributed by atoms with Gasteiger partial charge in [0.1, 0.15) is 5.82 Å². The average Bonchev–Trinajstić information content (AvgIpc) is 3.04. The van der Waals surface area contributed by atoms with Crippen molar-refractivity contribution in [3.05, 3.63) is 18.2 Å². The summed E-state index contributed by atoms with van der Waals surface area (Å²) >= 11 is 0. The molecule has 0 saturated heterocycles. The van der Waals surface area contributed by atoms with E-state index < -0.39 is 6.10 Å². The highest BCUT2D eigenvalue weighted by Gasteiger charge is 2.36. The fourth-order valence-electron chi connectivity index (χ4n) is 2.37. The summed E-state index contributed by atoms with van der Waals surface area (Å²) in [6, 6.07) is 0. The van der Waals surface area contributed by atoms with Gasteiger partial charge in [0.25, 0.3) is 0 Å². The Morgan fingerprint density at radius 1 is 1.59 bits per heavy atom. The Labute approximate surface area is 103 Å². The largest absolute Gasteiger partial charge is 0.390 e. The second kappa shape index (κ2) is 5.65. The van der Waals surface area contributed by atoms with Crippen LogP contribution in [0.25, 0.3) is 0 Å². The fourth-order valence-corrected chi connectivity index (χ4v) is 2.37. The van der Waals surface area contributed by atoms with Crippen LogP contribution in [0, 0.1) is 5.92 Å². The van der Waals surface area contributed by atoms with Gasteiger partial charge in [0.2, 0.25) is 0 Å². The van der Waals surface area contributed by atoms with Gasteiger partial charge in [-0.15, -0.1) is 0 Å². The van der Waals surface area contributed by atoms with Crippen molar-refractivity contribution in [1.82, 2.24) is 9.55 Å². The molecule has 4 nitrogen and oxygen atoms in total. The maximum Gasteiger partial charge on any atom is 0.111 e. The lowest BCUT2D eigenvalue weighted by Crippen LogP contribution is -2.32. The Balaban J connectivity index is 1.96. The summed E-state index contributed by atoms with van der Waals surface area (Å²) in [7, 11) is 1.69. The van der Waals surface area contributed by atoms with Crippen molar-refractivity contribution in [2.75, 3.05) is 7.11 Å². The first-order valence-electron chi connectivity index (χ1n) is 6.47. The van der Waals surface area contributed by atoms with Gasteiger partial charge in [0.15, 0.2) is 0 Å². The number of aromatic nitrogens is 2. The first kappa shape index (κ1) is 12.6. The van der Waals surface area contributed by atoms with Crippen LogP contribution in [0.5, 0.6) is 0 Å². The van der Waals surface area contributed by atoms with Crippen LogP contribution < -0.4 is 0 Å². The van der Waals surface area contributed by atoms with Gasteiger partial charge >= 0.3 is 0 Å². The van der Waals surface area contributed by atoms with Crippen LogP contribution in [0.2, 0.25) is 0 Å². The van der Waals surface area contributed by atoms with Gasteiger partial charge in [0, 0.05) is 32.5 Å². The summed E-state index contributed by atoms with van der Waals surface area (Å²) in [5, 5.41) is 10.2. The van der Waals surface area contributed by atoms with Crippen molar-refractivity contribution < 1.29 is 9.84 Å². The number of imidazole rings is 1. The third kappa shape index (κ3) is 3.07. The zero-order valence-corrected chi connectivity index (χ0v) is 10.7. The minimum Gasteiger partial charge on any atom is -0.390 e. The predicted octanol–water partition coefficient (Wildman–Crippen LogP) is 1.62. The summed E-state index contributed by atoms with van der Waals surface area (Å²) in [5.74, 6) is 1.51. The van der Waals surface area contributed by atoms with E-state index in [-0.39, 0.29) is 6.10 Å². The minimum atomic E-state index is -0.439. The highest BCUT2D eigenvalue weighted by Crippen LogP contribution is 2.36. The lowest BCUT2D eigenvalue weighted by atomic mass is 10.1.